The van der Waals surface area contributed by atoms with Crippen LogP contribution in [0, 0.1) is 11.3 Å². The molecule has 0 saturated carbocycles. The van der Waals surface area contributed by atoms with Crippen LogP contribution in [0.25, 0.3) is 10.6 Å². The average molecular weight is 421 g/mol. The number of ether oxygens (including phenoxy) is 1. The third-order valence-corrected chi connectivity index (χ3v) is 4.84. The summed E-state index contributed by atoms with van der Waals surface area (Å²) in [5.74, 6) is -0.775. The molecule has 0 spiro atoms. The van der Waals surface area contributed by atoms with Crippen molar-refractivity contribution in [2.45, 2.75) is 19.3 Å². The number of nitriles is 1. The van der Waals surface area contributed by atoms with Crippen LogP contribution >= 0.6 is 11.3 Å². The lowest BCUT2D eigenvalue weighted by Gasteiger charge is -2.16. The zero-order valence-electron chi connectivity index (χ0n) is 15.2. The van der Waals surface area contributed by atoms with Crippen LogP contribution in [-0.2, 0) is 7.05 Å². The minimum Gasteiger partial charge on any atom is -0.406 e. The quantitative estimate of drug-likeness (QED) is 0.676. The molecule has 1 amide bonds. The van der Waals surface area contributed by atoms with Crippen LogP contribution < -0.4 is 10.1 Å². The normalized spacial score (nSPS) is 12.3. The monoisotopic (exact) mass is 421 g/mol. The molecule has 11 heteroatoms. The molecule has 0 bridgehead atoms. The van der Waals surface area contributed by atoms with E-state index in [-0.39, 0.29) is 17.1 Å². The Morgan fingerprint density at radius 3 is 2.62 bits per heavy atom. The molecule has 2 aromatic heterocycles. The standard InChI is InChI=1S/C18H14F3N5O2S/c1-10(11-3-5-13(6-4-11)28-18(19,20)21)24-16(27)15-14(8-23-26(15)2)17-25-12(7-22)9-29-17/h3-6,8-10H,1-2H3,(H,24,27). The first kappa shape index (κ1) is 20.3. The van der Waals surface area contributed by atoms with Gasteiger partial charge in [0.25, 0.3) is 5.91 Å². The van der Waals surface area contributed by atoms with E-state index in [1.165, 1.54) is 46.5 Å². The molecule has 150 valence electrons. The van der Waals surface area contributed by atoms with E-state index in [4.69, 9.17) is 5.26 Å². The van der Waals surface area contributed by atoms with Crippen molar-refractivity contribution < 1.29 is 22.7 Å². The number of halogens is 3. The van der Waals surface area contributed by atoms with Gasteiger partial charge in [-0.05, 0) is 24.6 Å². The summed E-state index contributed by atoms with van der Waals surface area (Å²) in [5.41, 5.74) is 1.58. The molecule has 0 saturated heterocycles. The van der Waals surface area contributed by atoms with E-state index in [1.807, 2.05) is 6.07 Å². The maximum Gasteiger partial charge on any atom is 0.573 e. The van der Waals surface area contributed by atoms with E-state index in [0.29, 0.717) is 16.1 Å². The SMILES string of the molecule is CC(NC(=O)c1c(-c2nc(C#N)cs2)cnn1C)c1ccc(OC(F)(F)F)cc1. The zero-order chi connectivity index (χ0) is 21.2. The van der Waals surface area contributed by atoms with Crippen LogP contribution in [-0.4, -0.2) is 27.0 Å². The Morgan fingerprint density at radius 1 is 1.34 bits per heavy atom. The van der Waals surface area contributed by atoms with Gasteiger partial charge in [0.05, 0.1) is 17.8 Å². The highest BCUT2D eigenvalue weighted by Gasteiger charge is 2.31. The minimum absolute atomic E-state index is 0.245. The fourth-order valence-electron chi connectivity index (χ4n) is 2.62. The number of amides is 1. The maximum absolute atomic E-state index is 12.8. The molecule has 0 aliphatic rings. The Kier molecular flexibility index (Phi) is 5.56. The smallest absolute Gasteiger partial charge is 0.406 e. The number of alkyl halides is 3. The minimum atomic E-state index is -4.77. The molecule has 0 radical (unpaired) electrons. The van der Waals surface area contributed by atoms with Crippen LogP contribution in [0.5, 0.6) is 5.75 Å². The Balaban J connectivity index is 1.77. The summed E-state index contributed by atoms with van der Waals surface area (Å²) in [7, 11) is 1.60. The number of hydrogen-bond acceptors (Lipinski definition) is 6. The fraction of sp³-hybridized carbons (Fsp3) is 0.222. The number of aromatic nitrogens is 3. The molecule has 0 aliphatic heterocycles. The van der Waals surface area contributed by atoms with Gasteiger partial charge in [-0.15, -0.1) is 24.5 Å². The number of aryl methyl sites for hydroxylation is 1. The summed E-state index contributed by atoms with van der Waals surface area (Å²) in [6, 6.07) is 6.69. The van der Waals surface area contributed by atoms with Gasteiger partial charge in [-0.25, -0.2) is 4.98 Å². The van der Waals surface area contributed by atoms with Crippen molar-refractivity contribution >= 4 is 17.2 Å². The number of carbonyl (C=O) groups excluding carboxylic acids is 1. The second kappa shape index (κ2) is 7.92. The van der Waals surface area contributed by atoms with Gasteiger partial charge in [0.2, 0.25) is 0 Å². The van der Waals surface area contributed by atoms with Gasteiger partial charge >= 0.3 is 6.36 Å². The van der Waals surface area contributed by atoms with E-state index in [9.17, 15) is 18.0 Å². The third-order valence-electron chi connectivity index (χ3n) is 3.96. The van der Waals surface area contributed by atoms with E-state index in [2.05, 4.69) is 20.1 Å². The first-order chi connectivity index (χ1) is 13.7. The molecule has 1 N–H and O–H groups in total. The Hall–Kier alpha value is -3.39. The fourth-order valence-corrected chi connectivity index (χ4v) is 3.37. The van der Waals surface area contributed by atoms with Gasteiger partial charge in [0.15, 0.2) is 5.69 Å². The average Bonchev–Trinajstić information content (AvgIpc) is 3.27. The molecule has 3 aromatic rings. The van der Waals surface area contributed by atoms with Gasteiger partial charge < -0.3 is 10.1 Å². The van der Waals surface area contributed by atoms with Crippen molar-refractivity contribution in [3.8, 4) is 22.4 Å². The maximum atomic E-state index is 12.8. The molecule has 0 fully saturated rings. The second-order valence-electron chi connectivity index (χ2n) is 5.99. The third kappa shape index (κ3) is 4.72. The predicted octanol–water partition coefficient (Wildman–Crippen LogP) is 3.80. The topological polar surface area (TPSA) is 92.8 Å². The number of nitrogens with one attached hydrogen (secondary N) is 1. The molecule has 0 aliphatic carbocycles. The molecule has 1 aromatic carbocycles. The Morgan fingerprint density at radius 2 is 2.03 bits per heavy atom. The van der Waals surface area contributed by atoms with Gasteiger partial charge in [-0.3, -0.25) is 9.48 Å². The van der Waals surface area contributed by atoms with Crippen molar-refractivity contribution in [2.24, 2.45) is 7.05 Å². The summed E-state index contributed by atoms with van der Waals surface area (Å²) in [6.45, 7) is 1.70. The Labute approximate surface area is 167 Å². The highest BCUT2D eigenvalue weighted by Crippen LogP contribution is 2.28. The number of nitrogens with zero attached hydrogens (tertiary/aromatic N) is 4. The molecule has 29 heavy (non-hydrogen) atoms. The summed E-state index contributed by atoms with van der Waals surface area (Å²) in [4.78, 5) is 17.0. The lowest BCUT2D eigenvalue weighted by Crippen LogP contribution is -2.29. The highest BCUT2D eigenvalue weighted by atomic mass is 32.1. The summed E-state index contributed by atoms with van der Waals surface area (Å²) < 4.78 is 42.0. The largest absolute Gasteiger partial charge is 0.573 e. The molecule has 2 heterocycles. The van der Waals surface area contributed by atoms with Gasteiger partial charge in [0.1, 0.15) is 22.5 Å². The molecule has 3 rings (SSSR count). The van der Waals surface area contributed by atoms with Crippen LogP contribution in [0.3, 0.4) is 0 Å². The number of rotatable bonds is 5. The van der Waals surface area contributed by atoms with E-state index in [0.717, 1.165) is 0 Å². The van der Waals surface area contributed by atoms with Crippen LogP contribution in [0.2, 0.25) is 0 Å². The van der Waals surface area contributed by atoms with E-state index < -0.39 is 18.3 Å². The predicted molar refractivity (Wildman–Crippen MR) is 98.0 cm³/mol. The summed E-state index contributed by atoms with van der Waals surface area (Å²) in [5, 5.41) is 17.9. The van der Waals surface area contributed by atoms with Gasteiger partial charge in [-0.1, -0.05) is 12.1 Å². The molecular formula is C18H14F3N5O2S. The number of hydrogen-bond donors (Lipinski definition) is 1. The lowest BCUT2D eigenvalue weighted by atomic mass is 10.1. The molecular weight excluding hydrogens is 407 g/mol. The van der Waals surface area contributed by atoms with E-state index >= 15 is 0 Å². The van der Waals surface area contributed by atoms with Crippen LogP contribution in [0.15, 0.2) is 35.8 Å². The first-order valence-electron chi connectivity index (χ1n) is 8.22. The van der Waals surface area contributed by atoms with Gasteiger partial charge in [0, 0.05) is 12.4 Å². The molecule has 1 unspecified atom stereocenters. The number of carbonyl (C=O) groups is 1. The van der Waals surface area contributed by atoms with Crippen molar-refractivity contribution in [3.05, 3.63) is 52.8 Å². The number of benzene rings is 1. The van der Waals surface area contributed by atoms with Gasteiger partial charge in [-0.2, -0.15) is 10.4 Å². The van der Waals surface area contributed by atoms with Crippen LogP contribution in [0.4, 0.5) is 13.2 Å². The zero-order valence-corrected chi connectivity index (χ0v) is 16.0. The van der Waals surface area contributed by atoms with Crippen molar-refractivity contribution in [1.29, 1.82) is 5.26 Å². The lowest BCUT2D eigenvalue weighted by molar-refractivity contribution is -0.274. The van der Waals surface area contributed by atoms with Crippen molar-refractivity contribution in [1.82, 2.24) is 20.1 Å². The molecule has 7 nitrogen and oxygen atoms in total. The van der Waals surface area contributed by atoms with Crippen LogP contribution in [0.1, 0.15) is 34.7 Å². The highest BCUT2D eigenvalue weighted by molar-refractivity contribution is 7.13. The number of thiazole rings is 1. The summed E-state index contributed by atoms with van der Waals surface area (Å²) >= 11 is 1.22. The second-order valence-corrected chi connectivity index (χ2v) is 6.85. The molecule has 1 atom stereocenters. The van der Waals surface area contributed by atoms with Crippen molar-refractivity contribution in [3.63, 3.8) is 0 Å². The first-order valence-corrected chi connectivity index (χ1v) is 9.10. The summed E-state index contributed by atoms with van der Waals surface area (Å²) in [6.07, 6.45) is -3.28. The van der Waals surface area contributed by atoms with E-state index in [1.54, 1.807) is 19.4 Å². The van der Waals surface area contributed by atoms with Crippen molar-refractivity contribution in [2.75, 3.05) is 0 Å². The Bertz CT molecular complexity index is 1070.